The number of aromatic amines is 1. The number of benzene rings is 1. The van der Waals surface area contributed by atoms with Gasteiger partial charge in [-0.25, -0.2) is 0 Å². The van der Waals surface area contributed by atoms with Crippen LogP contribution in [0.25, 0.3) is 11.3 Å². The summed E-state index contributed by atoms with van der Waals surface area (Å²) in [6.07, 6.45) is 2.23. The van der Waals surface area contributed by atoms with Crippen LogP contribution in [0.15, 0.2) is 24.3 Å². The monoisotopic (exact) mass is 227 g/mol. The van der Waals surface area contributed by atoms with Crippen LogP contribution >= 0.6 is 0 Å². The minimum Gasteiger partial charge on any atom is -0.330 e. The Hall–Kier alpha value is -1.61. The van der Waals surface area contributed by atoms with E-state index in [2.05, 4.69) is 41.4 Å². The molecule has 3 rings (SSSR count). The highest BCUT2D eigenvalue weighted by Gasteiger charge is 2.27. The fourth-order valence-electron chi connectivity index (χ4n) is 2.65. The molecule has 3 heteroatoms. The summed E-state index contributed by atoms with van der Waals surface area (Å²) in [6.45, 7) is 2.81. The van der Waals surface area contributed by atoms with Crippen LogP contribution in [0.3, 0.4) is 0 Å². The Kier molecular flexibility index (Phi) is 2.48. The molecule has 1 unspecified atom stereocenters. The number of nitrogens with one attached hydrogen (secondary N) is 1. The van der Waals surface area contributed by atoms with Crippen molar-refractivity contribution in [3.63, 3.8) is 0 Å². The van der Waals surface area contributed by atoms with Crippen molar-refractivity contribution < 1.29 is 0 Å². The number of rotatable bonds is 2. The van der Waals surface area contributed by atoms with Crippen molar-refractivity contribution in [2.45, 2.75) is 25.7 Å². The average molecular weight is 227 g/mol. The molecule has 0 fully saturated rings. The van der Waals surface area contributed by atoms with Gasteiger partial charge in [0, 0.05) is 22.7 Å². The van der Waals surface area contributed by atoms with Crippen LogP contribution in [0, 0.1) is 6.92 Å². The second-order valence-electron chi connectivity index (χ2n) is 4.80. The van der Waals surface area contributed by atoms with Crippen molar-refractivity contribution in [2.75, 3.05) is 6.54 Å². The van der Waals surface area contributed by atoms with Crippen molar-refractivity contribution in [3.05, 3.63) is 41.1 Å². The van der Waals surface area contributed by atoms with Gasteiger partial charge in [-0.2, -0.15) is 5.10 Å². The predicted molar refractivity (Wildman–Crippen MR) is 68.9 cm³/mol. The van der Waals surface area contributed by atoms with Crippen molar-refractivity contribution in [2.24, 2.45) is 5.73 Å². The lowest BCUT2D eigenvalue weighted by molar-refractivity contribution is 0.682. The van der Waals surface area contributed by atoms with E-state index < -0.39 is 0 Å². The second kappa shape index (κ2) is 4.00. The van der Waals surface area contributed by atoms with Crippen molar-refractivity contribution >= 4 is 0 Å². The van der Waals surface area contributed by atoms with Crippen LogP contribution in [-0.2, 0) is 6.42 Å². The van der Waals surface area contributed by atoms with Crippen LogP contribution in [0.1, 0.15) is 29.2 Å². The molecule has 1 heterocycles. The molecule has 3 N–H and O–H groups in total. The molecule has 17 heavy (non-hydrogen) atoms. The number of nitrogens with two attached hydrogens (primary N) is 1. The molecule has 0 saturated carbocycles. The van der Waals surface area contributed by atoms with E-state index >= 15 is 0 Å². The van der Waals surface area contributed by atoms with E-state index in [0.29, 0.717) is 12.5 Å². The smallest absolute Gasteiger partial charge is 0.0958 e. The first-order valence-corrected chi connectivity index (χ1v) is 6.14. The minimum atomic E-state index is 0.472. The molecular formula is C14H17N3. The number of aryl methyl sites for hydroxylation is 2. The molecule has 1 aromatic heterocycles. The topological polar surface area (TPSA) is 54.7 Å². The lowest BCUT2D eigenvalue weighted by atomic mass is 9.98. The molecule has 1 atom stereocenters. The van der Waals surface area contributed by atoms with Crippen LogP contribution in [0.5, 0.6) is 0 Å². The summed E-state index contributed by atoms with van der Waals surface area (Å²) in [4.78, 5) is 0. The fourth-order valence-corrected chi connectivity index (χ4v) is 2.65. The zero-order valence-corrected chi connectivity index (χ0v) is 10.0. The van der Waals surface area contributed by atoms with E-state index in [1.807, 2.05) is 0 Å². The molecule has 0 amide bonds. The molecule has 1 aliphatic carbocycles. The van der Waals surface area contributed by atoms with Gasteiger partial charge < -0.3 is 5.73 Å². The van der Waals surface area contributed by atoms with Crippen LogP contribution in [0.2, 0.25) is 0 Å². The van der Waals surface area contributed by atoms with Gasteiger partial charge in [0.25, 0.3) is 0 Å². The number of fused-ring (bicyclic) bond motifs is 1. The quantitative estimate of drug-likeness (QED) is 0.827. The number of hydrogen-bond donors (Lipinski definition) is 2. The second-order valence-corrected chi connectivity index (χ2v) is 4.80. The van der Waals surface area contributed by atoms with Crippen LogP contribution < -0.4 is 5.73 Å². The lowest BCUT2D eigenvalue weighted by Gasteiger charge is -2.08. The number of hydrogen-bond acceptors (Lipinski definition) is 2. The summed E-state index contributed by atoms with van der Waals surface area (Å²) in [5.41, 5.74) is 12.0. The van der Waals surface area contributed by atoms with Gasteiger partial charge in [-0.1, -0.05) is 29.8 Å². The summed E-state index contributed by atoms with van der Waals surface area (Å²) in [5, 5.41) is 7.61. The van der Waals surface area contributed by atoms with E-state index in [-0.39, 0.29) is 0 Å². The lowest BCUT2D eigenvalue weighted by Crippen LogP contribution is -2.09. The average Bonchev–Trinajstić information content (AvgIpc) is 2.91. The van der Waals surface area contributed by atoms with Gasteiger partial charge in [0.2, 0.25) is 0 Å². The molecule has 1 aliphatic rings. The Labute approximate surface area is 101 Å². The third kappa shape index (κ3) is 1.67. The summed E-state index contributed by atoms with van der Waals surface area (Å²) >= 11 is 0. The third-order valence-electron chi connectivity index (χ3n) is 3.64. The number of H-pyrrole nitrogens is 1. The highest BCUT2D eigenvalue weighted by Crippen LogP contribution is 2.37. The molecule has 0 saturated heterocycles. The zero-order valence-electron chi connectivity index (χ0n) is 10.0. The van der Waals surface area contributed by atoms with Crippen molar-refractivity contribution in [3.8, 4) is 11.3 Å². The van der Waals surface area contributed by atoms with Gasteiger partial charge in [-0.05, 0) is 26.3 Å². The first kappa shape index (κ1) is 10.5. The van der Waals surface area contributed by atoms with Crippen molar-refractivity contribution in [1.29, 1.82) is 0 Å². The van der Waals surface area contributed by atoms with Crippen molar-refractivity contribution in [1.82, 2.24) is 10.2 Å². The van der Waals surface area contributed by atoms with Gasteiger partial charge in [-0.3, -0.25) is 5.10 Å². The highest BCUT2D eigenvalue weighted by molar-refractivity contribution is 5.66. The normalized spacial score (nSPS) is 18.4. The summed E-state index contributed by atoms with van der Waals surface area (Å²) in [7, 11) is 0. The maximum absolute atomic E-state index is 5.84. The minimum absolute atomic E-state index is 0.472. The molecule has 88 valence electrons. The van der Waals surface area contributed by atoms with Gasteiger partial charge >= 0.3 is 0 Å². The summed E-state index contributed by atoms with van der Waals surface area (Å²) in [5.74, 6) is 0.472. The third-order valence-corrected chi connectivity index (χ3v) is 3.64. The first-order valence-electron chi connectivity index (χ1n) is 6.14. The van der Waals surface area contributed by atoms with E-state index in [1.54, 1.807) is 0 Å². The molecule has 3 nitrogen and oxygen atoms in total. The van der Waals surface area contributed by atoms with Crippen LogP contribution in [-0.4, -0.2) is 16.7 Å². The standard InChI is InChI=1S/C14H17N3/c1-9-2-4-10(5-3-9)14-13-11(8-15)6-7-12(13)16-17-14/h2-5,11H,6-8,15H2,1H3,(H,16,17). The fraction of sp³-hybridized carbons (Fsp3) is 0.357. The first-order chi connectivity index (χ1) is 8.29. The Morgan fingerprint density at radius 3 is 2.82 bits per heavy atom. The molecule has 0 aliphatic heterocycles. The van der Waals surface area contributed by atoms with E-state index in [9.17, 15) is 0 Å². The number of nitrogens with zero attached hydrogens (tertiary/aromatic N) is 1. The predicted octanol–water partition coefficient (Wildman–Crippen LogP) is 2.37. The van der Waals surface area contributed by atoms with E-state index in [4.69, 9.17) is 5.73 Å². The Morgan fingerprint density at radius 1 is 1.35 bits per heavy atom. The van der Waals surface area contributed by atoms with Gasteiger partial charge in [0.15, 0.2) is 0 Å². The SMILES string of the molecule is Cc1ccc(-c2n[nH]c3c2C(CN)CC3)cc1. The molecule has 0 spiro atoms. The summed E-state index contributed by atoms with van der Waals surface area (Å²) < 4.78 is 0. The van der Waals surface area contributed by atoms with E-state index in [0.717, 1.165) is 18.5 Å². The molecule has 1 aromatic carbocycles. The largest absolute Gasteiger partial charge is 0.330 e. The number of aromatic nitrogens is 2. The molecule has 0 radical (unpaired) electrons. The van der Waals surface area contributed by atoms with E-state index in [1.165, 1.54) is 22.4 Å². The molecule has 0 bridgehead atoms. The maximum atomic E-state index is 5.84. The van der Waals surface area contributed by atoms with Gasteiger partial charge in [0.05, 0.1) is 5.69 Å². The Balaban J connectivity index is 2.07. The Bertz CT molecular complexity index is 525. The van der Waals surface area contributed by atoms with Crippen LogP contribution in [0.4, 0.5) is 0 Å². The summed E-state index contributed by atoms with van der Waals surface area (Å²) in [6, 6.07) is 8.53. The zero-order chi connectivity index (χ0) is 11.8. The molecule has 2 aromatic rings. The van der Waals surface area contributed by atoms with Gasteiger partial charge in [0.1, 0.15) is 0 Å². The maximum Gasteiger partial charge on any atom is 0.0958 e. The molecular weight excluding hydrogens is 210 g/mol. The van der Waals surface area contributed by atoms with Gasteiger partial charge in [-0.15, -0.1) is 0 Å². The Morgan fingerprint density at radius 2 is 2.12 bits per heavy atom. The highest BCUT2D eigenvalue weighted by atomic mass is 15.1.